The standard InChI is InChI=1S/C14H19NO5/c1-9-4-5-11(14(17)18)6-12(9)20-8-13(16)15-10(2)7-19-3/h4-6,10H,7-8H2,1-3H3,(H,15,16)(H,17,18). The summed E-state index contributed by atoms with van der Waals surface area (Å²) < 4.78 is 10.3. The molecule has 110 valence electrons. The third kappa shape index (κ3) is 4.89. The first kappa shape index (κ1) is 16.0. The molecule has 1 aromatic rings. The first-order chi connectivity index (χ1) is 9.43. The van der Waals surface area contributed by atoms with Gasteiger partial charge in [0.05, 0.1) is 12.2 Å². The number of nitrogens with one attached hydrogen (secondary N) is 1. The topological polar surface area (TPSA) is 84.9 Å². The minimum atomic E-state index is -1.03. The second kappa shape index (κ2) is 7.49. The number of carbonyl (C=O) groups is 2. The van der Waals surface area contributed by atoms with E-state index in [1.165, 1.54) is 12.1 Å². The smallest absolute Gasteiger partial charge is 0.335 e. The van der Waals surface area contributed by atoms with Crippen LogP contribution in [0.25, 0.3) is 0 Å². The van der Waals surface area contributed by atoms with Gasteiger partial charge in [-0.1, -0.05) is 6.07 Å². The van der Waals surface area contributed by atoms with Crippen LogP contribution in [0, 0.1) is 6.92 Å². The Bertz CT molecular complexity index is 486. The number of rotatable bonds is 7. The van der Waals surface area contributed by atoms with Crippen LogP contribution in [0.4, 0.5) is 0 Å². The molecule has 0 aliphatic carbocycles. The van der Waals surface area contributed by atoms with Crippen molar-refractivity contribution in [1.29, 1.82) is 0 Å². The highest BCUT2D eigenvalue weighted by molar-refractivity contribution is 5.88. The molecule has 0 aromatic heterocycles. The highest BCUT2D eigenvalue weighted by Gasteiger charge is 2.10. The lowest BCUT2D eigenvalue weighted by Crippen LogP contribution is -2.38. The van der Waals surface area contributed by atoms with Crippen LogP contribution in [0.1, 0.15) is 22.8 Å². The highest BCUT2D eigenvalue weighted by atomic mass is 16.5. The molecule has 0 aliphatic heterocycles. The molecule has 6 nitrogen and oxygen atoms in total. The van der Waals surface area contributed by atoms with Gasteiger partial charge in [-0.25, -0.2) is 4.79 Å². The number of aromatic carboxylic acids is 1. The maximum atomic E-state index is 11.6. The van der Waals surface area contributed by atoms with Gasteiger partial charge in [0.2, 0.25) is 0 Å². The number of carbonyl (C=O) groups excluding carboxylic acids is 1. The van der Waals surface area contributed by atoms with Crippen LogP contribution in [0.5, 0.6) is 5.75 Å². The molecular weight excluding hydrogens is 262 g/mol. The molecule has 1 unspecified atom stereocenters. The van der Waals surface area contributed by atoms with E-state index >= 15 is 0 Å². The summed E-state index contributed by atoms with van der Waals surface area (Å²) in [6.45, 7) is 3.85. The number of benzene rings is 1. The second-order valence-corrected chi connectivity index (χ2v) is 4.50. The number of carboxylic acid groups (broad SMARTS) is 1. The zero-order chi connectivity index (χ0) is 15.1. The first-order valence-electron chi connectivity index (χ1n) is 6.19. The van der Waals surface area contributed by atoms with Crippen molar-refractivity contribution in [3.05, 3.63) is 29.3 Å². The highest BCUT2D eigenvalue weighted by Crippen LogP contribution is 2.19. The van der Waals surface area contributed by atoms with Crippen LogP contribution in [0.15, 0.2) is 18.2 Å². The maximum absolute atomic E-state index is 11.6. The molecule has 20 heavy (non-hydrogen) atoms. The van der Waals surface area contributed by atoms with Gasteiger partial charge >= 0.3 is 5.97 Å². The Kier molecular flexibility index (Phi) is 5.99. The summed E-state index contributed by atoms with van der Waals surface area (Å²) in [6, 6.07) is 4.43. The van der Waals surface area contributed by atoms with Crippen molar-refractivity contribution in [3.8, 4) is 5.75 Å². The lowest BCUT2D eigenvalue weighted by molar-refractivity contribution is -0.124. The van der Waals surface area contributed by atoms with E-state index in [1.807, 2.05) is 6.92 Å². The molecule has 2 N–H and O–H groups in total. The molecule has 1 amide bonds. The maximum Gasteiger partial charge on any atom is 0.335 e. The van der Waals surface area contributed by atoms with Crippen LogP contribution in [-0.4, -0.2) is 43.3 Å². The van der Waals surface area contributed by atoms with Crippen molar-refractivity contribution in [2.75, 3.05) is 20.3 Å². The molecule has 1 aromatic carbocycles. The Morgan fingerprint density at radius 3 is 2.70 bits per heavy atom. The average molecular weight is 281 g/mol. The van der Waals surface area contributed by atoms with Gasteiger partial charge in [-0.2, -0.15) is 0 Å². The van der Waals surface area contributed by atoms with Crippen molar-refractivity contribution >= 4 is 11.9 Å². The van der Waals surface area contributed by atoms with Crippen LogP contribution < -0.4 is 10.1 Å². The molecule has 0 heterocycles. The van der Waals surface area contributed by atoms with Gasteiger partial charge in [-0.3, -0.25) is 4.79 Å². The molecule has 0 fully saturated rings. The van der Waals surface area contributed by atoms with Gasteiger partial charge in [-0.15, -0.1) is 0 Å². The van der Waals surface area contributed by atoms with E-state index in [4.69, 9.17) is 14.6 Å². The molecule has 0 spiro atoms. The number of hydrogen-bond donors (Lipinski definition) is 2. The monoisotopic (exact) mass is 281 g/mol. The van der Waals surface area contributed by atoms with E-state index in [9.17, 15) is 9.59 Å². The molecular formula is C14H19NO5. The van der Waals surface area contributed by atoms with Crippen LogP contribution in [0.3, 0.4) is 0 Å². The second-order valence-electron chi connectivity index (χ2n) is 4.50. The first-order valence-corrected chi connectivity index (χ1v) is 6.19. The number of methoxy groups -OCH3 is 1. The summed E-state index contributed by atoms with van der Waals surface area (Å²) in [5.74, 6) is -0.929. The predicted molar refractivity (Wildman–Crippen MR) is 73.1 cm³/mol. The number of aryl methyl sites for hydroxylation is 1. The summed E-state index contributed by atoms with van der Waals surface area (Å²) in [7, 11) is 1.56. The normalized spacial score (nSPS) is 11.8. The van der Waals surface area contributed by atoms with Gasteiger partial charge in [0, 0.05) is 13.2 Å². The third-order valence-corrected chi connectivity index (χ3v) is 2.62. The van der Waals surface area contributed by atoms with Crippen molar-refractivity contribution < 1.29 is 24.2 Å². The Balaban J connectivity index is 2.59. The lowest BCUT2D eigenvalue weighted by Gasteiger charge is -2.14. The van der Waals surface area contributed by atoms with Gasteiger partial charge in [0.1, 0.15) is 5.75 Å². The summed E-state index contributed by atoms with van der Waals surface area (Å²) in [5.41, 5.74) is 0.895. The molecule has 1 atom stereocenters. The fraction of sp³-hybridized carbons (Fsp3) is 0.429. The van der Waals surface area contributed by atoms with Crippen molar-refractivity contribution in [2.24, 2.45) is 0 Å². The fourth-order valence-electron chi connectivity index (χ4n) is 1.64. The number of hydrogen-bond acceptors (Lipinski definition) is 4. The Labute approximate surface area is 117 Å². The zero-order valence-electron chi connectivity index (χ0n) is 11.8. The Hall–Kier alpha value is -2.08. The van der Waals surface area contributed by atoms with Crippen LogP contribution in [-0.2, 0) is 9.53 Å². The minimum absolute atomic E-state index is 0.109. The number of amides is 1. The van der Waals surface area contributed by atoms with Gasteiger partial charge < -0.3 is 19.9 Å². The molecule has 0 bridgehead atoms. The van der Waals surface area contributed by atoms with E-state index in [1.54, 1.807) is 20.1 Å². The SMILES string of the molecule is COCC(C)NC(=O)COc1cc(C(=O)O)ccc1C. The zero-order valence-corrected chi connectivity index (χ0v) is 11.8. The minimum Gasteiger partial charge on any atom is -0.483 e. The Morgan fingerprint density at radius 1 is 1.40 bits per heavy atom. The molecule has 0 radical (unpaired) electrons. The van der Waals surface area contributed by atoms with Crippen molar-refractivity contribution in [1.82, 2.24) is 5.32 Å². The fourth-order valence-corrected chi connectivity index (χ4v) is 1.64. The van der Waals surface area contributed by atoms with E-state index in [2.05, 4.69) is 5.32 Å². The van der Waals surface area contributed by atoms with Crippen LogP contribution >= 0.6 is 0 Å². The van der Waals surface area contributed by atoms with Gasteiger partial charge in [0.25, 0.3) is 5.91 Å². The van der Waals surface area contributed by atoms with Gasteiger partial charge in [0.15, 0.2) is 6.61 Å². The summed E-state index contributed by atoms with van der Waals surface area (Å²) in [5, 5.41) is 11.6. The number of carboxylic acids is 1. The Morgan fingerprint density at radius 2 is 2.10 bits per heavy atom. The van der Waals surface area contributed by atoms with E-state index in [0.29, 0.717) is 12.4 Å². The average Bonchev–Trinajstić information content (AvgIpc) is 2.37. The molecule has 0 saturated heterocycles. The molecule has 0 saturated carbocycles. The molecule has 0 aliphatic rings. The van der Waals surface area contributed by atoms with Gasteiger partial charge in [-0.05, 0) is 31.5 Å². The molecule has 6 heteroatoms. The van der Waals surface area contributed by atoms with Crippen molar-refractivity contribution in [2.45, 2.75) is 19.9 Å². The quantitative estimate of drug-likeness (QED) is 0.785. The number of ether oxygens (including phenoxy) is 2. The van der Waals surface area contributed by atoms with E-state index < -0.39 is 5.97 Å². The summed E-state index contributed by atoms with van der Waals surface area (Å²) in [4.78, 5) is 22.5. The van der Waals surface area contributed by atoms with E-state index in [-0.39, 0.29) is 24.1 Å². The largest absolute Gasteiger partial charge is 0.483 e. The molecule has 1 rings (SSSR count). The van der Waals surface area contributed by atoms with Crippen LogP contribution in [0.2, 0.25) is 0 Å². The third-order valence-electron chi connectivity index (χ3n) is 2.62. The predicted octanol–water partition coefficient (Wildman–Crippen LogP) is 1.22. The summed E-state index contributed by atoms with van der Waals surface area (Å²) in [6.07, 6.45) is 0. The van der Waals surface area contributed by atoms with E-state index in [0.717, 1.165) is 5.56 Å². The summed E-state index contributed by atoms with van der Waals surface area (Å²) >= 11 is 0. The lowest BCUT2D eigenvalue weighted by atomic mass is 10.1. The van der Waals surface area contributed by atoms with Crippen molar-refractivity contribution in [3.63, 3.8) is 0 Å².